The van der Waals surface area contributed by atoms with Gasteiger partial charge in [-0.15, -0.1) is 0 Å². The molecule has 2 rings (SSSR count). The van der Waals surface area contributed by atoms with E-state index < -0.39 is 11.6 Å². The first-order chi connectivity index (χ1) is 6.68. The minimum atomic E-state index is -0.631. The van der Waals surface area contributed by atoms with Crippen molar-refractivity contribution in [2.45, 2.75) is 0 Å². The predicted octanol–water partition coefficient (Wildman–Crippen LogP) is 1.60. The van der Waals surface area contributed by atoms with Gasteiger partial charge in [0.15, 0.2) is 11.5 Å². The number of nitrogens with zero attached hydrogens (tertiary/aromatic N) is 2. The monoisotopic (exact) mass is 197 g/mol. The van der Waals surface area contributed by atoms with Gasteiger partial charge in [-0.3, -0.25) is 0 Å². The molecule has 0 bridgehead atoms. The minimum Gasteiger partial charge on any atom is -0.379 e. The molecule has 0 amide bonds. The summed E-state index contributed by atoms with van der Waals surface area (Å²) in [6.45, 7) is 0. The molecule has 2 aromatic rings. The van der Waals surface area contributed by atoms with E-state index in [-0.39, 0.29) is 17.1 Å². The molecular formula is C8H5F2N3O. The van der Waals surface area contributed by atoms with Gasteiger partial charge in [-0.2, -0.15) is 0 Å². The van der Waals surface area contributed by atoms with Gasteiger partial charge in [0.2, 0.25) is 0 Å². The summed E-state index contributed by atoms with van der Waals surface area (Å²) < 4.78 is 30.2. The molecule has 0 unspecified atom stereocenters. The van der Waals surface area contributed by atoms with Gasteiger partial charge in [0, 0.05) is 5.56 Å². The first kappa shape index (κ1) is 8.61. The van der Waals surface area contributed by atoms with E-state index in [1.807, 2.05) is 0 Å². The van der Waals surface area contributed by atoms with Gasteiger partial charge >= 0.3 is 0 Å². The van der Waals surface area contributed by atoms with Crippen molar-refractivity contribution in [3.63, 3.8) is 0 Å². The van der Waals surface area contributed by atoms with Gasteiger partial charge < -0.3 is 5.73 Å². The third-order valence-electron chi connectivity index (χ3n) is 1.70. The Hall–Kier alpha value is -1.98. The second-order valence-electron chi connectivity index (χ2n) is 2.62. The van der Waals surface area contributed by atoms with Crippen LogP contribution < -0.4 is 5.73 Å². The van der Waals surface area contributed by atoms with E-state index in [0.29, 0.717) is 0 Å². The van der Waals surface area contributed by atoms with E-state index in [4.69, 9.17) is 5.73 Å². The van der Waals surface area contributed by atoms with Gasteiger partial charge in [-0.25, -0.2) is 13.4 Å². The van der Waals surface area contributed by atoms with Gasteiger partial charge in [-0.05, 0) is 28.5 Å². The molecule has 6 heteroatoms. The Morgan fingerprint density at radius 1 is 1.21 bits per heavy atom. The maximum Gasteiger partial charge on any atom is 0.196 e. The van der Waals surface area contributed by atoms with E-state index in [1.165, 1.54) is 0 Å². The lowest BCUT2D eigenvalue weighted by Crippen LogP contribution is -1.92. The van der Waals surface area contributed by atoms with Crippen molar-refractivity contribution in [2.24, 2.45) is 0 Å². The van der Waals surface area contributed by atoms with Crippen LogP contribution in [0.25, 0.3) is 11.3 Å². The second-order valence-corrected chi connectivity index (χ2v) is 2.62. The van der Waals surface area contributed by atoms with E-state index >= 15 is 0 Å². The van der Waals surface area contributed by atoms with Crippen molar-refractivity contribution in [2.75, 3.05) is 5.73 Å². The van der Waals surface area contributed by atoms with Crippen LogP contribution in [0.15, 0.2) is 22.8 Å². The fourth-order valence-electron chi connectivity index (χ4n) is 1.06. The zero-order valence-electron chi connectivity index (χ0n) is 6.87. The Bertz CT molecular complexity index is 469. The molecule has 0 radical (unpaired) electrons. The van der Waals surface area contributed by atoms with Gasteiger partial charge in [0.1, 0.15) is 11.6 Å². The summed E-state index contributed by atoms with van der Waals surface area (Å²) in [7, 11) is 0. The summed E-state index contributed by atoms with van der Waals surface area (Å²) in [6, 6.07) is 2.96. The Labute approximate surface area is 77.3 Å². The molecule has 0 saturated carbocycles. The van der Waals surface area contributed by atoms with E-state index in [9.17, 15) is 8.78 Å². The number of benzene rings is 1. The zero-order chi connectivity index (χ0) is 10.1. The molecule has 1 heterocycles. The van der Waals surface area contributed by atoms with Crippen LogP contribution in [0.1, 0.15) is 0 Å². The lowest BCUT2D eigenvalue weighted by atomic mass is 10.1. The molecule has 0 spiro atoms. The highest BCUT2D eigenvalue weighted by molar-refractivity contribution is 5.69. The number of nitrogen functional groups attached to an aromatic ring is 1. The fraction of sp³-hybridized carbons (Fsp3) is 0. The maximum atomic E-state index is 13.2. The zero-order valence-corrected chi connectivity index (χ0v) is 6.87. The fourth-order valence-corrected chi connectivity index (χ4v) is 1.06. The van der Waals surface area contributed by atoms with Crippen LogP contribution in [0, 0.1) is 11.6 Å². The first-order valence-electron chi connectivity index (χ1n) is 3.72. The molecule has 4 nitrogen and oxygen atoms in total. The first-order valence-corrected chi connectivity index (χ1v) is 3.72. The normalized spacial score (nSPS) is 10.4. The standard InChI is InChI=1S/C8H5F2N3O/c9-4-1-2-6(10)5(3-4)7-8(11)13-14-12-7/h1-3H,(H2,11,13). The lowest BCUT2D eigenvalue weighted by Gasteiger charge is -1.98. The average Bonchev–Trinajstić information content (AvgIpc) is 2.56. The molecule has 0 fully saturated rings. The number of halogens is 2. The number of anilines is 1. The minimum absolute atomic E-state index is 0.00185. The van der Waals surface area contributed by atoms with Gasteiger partial charge in [0.25, 0.3) is 0 Å². The van der Waals surface area contributed by atoms with Crippen LogP contribution in [0.3, 0.4) is 0 Å². The molecule has 1 aromatic heterocycles. The molecule has 2 N–H and O–H groups in total. The van der Waals surface area contributed by atoms with Crippen LogP contribution >= 0.6 is 0 Å². The van der Waals surface area contributed by atoms with Crippen molar-refractivity contribution in [1.82, 2.24) is 10.3 Å². The van der Waals surface area contributed by atoms with Crippen LogP contribution in [0.2, 0.25) is 0 Å². The SMILES string of the molecule is Nc1nonc1-c1cc(F)ccc1F. The second kappa shape index (κ2) is 3.06. The Balaban J connectivity index is 2.62. The number of hydrogen-bond donors (Lipinski definition) is 1. The van der Waals surface area contributed by atoms with Gasteiger partial charge in [0.05, 0.1) is 0 Å². The highest BCUT2D eigenvalue weighted by atomic mass is 19.1. The van der Waals surface area contributed by atoms with Crippen molar-refractivity contribution >= 4 is 5.82 Å². The highest BCUT2D eigenvalue weighted by Crippen LogP contribution is 2.25. The highest BCUT2D eigenvalue weighted by Gasteiger charge is 2.14. The topological polar surface area (TPSA) is 64.9 Å². The maximum absolute atomic E-state index is 13.2. The lowest BCUT2D eigenvalue weighted by molar-refractivity contribution is 0.310. The molecular weight excluding hydrogens is 192 g/mol. The molecule has 72 valence electrons. The summed E-state index contributed by atoms with van der Waals surface area (Å²) in [5, 5.41) is 6.64. The number of hydrogen-bond acceptors (Lipinski definition) is 4. The quantitative estimate of drug-likeness (QED) is 0.753. The predicted molar refractivity (Wildman–Crippen MR) is 44.1 cm³/mol. The Morgan fingerprint density at radius 3 is 2.64 bits per heavy atom. The van der Waals surface area contributed by atoms with Crippen molar-refractivity contribution in [1.29, 1.82) is 0 Å². The van der Waals surface area contributed by atoms with E-state index in [2.05, 4.69) is 14.9 Å². The van der Waals surface area contributed by atoms with Crippen molar-refractivity contribution in [3.8, 4) is 11.3 Å². The summed E-state index contributed by atoms with van der Waals surface area (Å²) in [6.07, 6.45) is 0. The largest absolute Gasteiger partial charge is 0.379 e. The summed E-state index contributed by atoms with van der Waals surface area (Å²) in [5.74, 6) is -1.29. The Morgan fingerprint density at radius 2 is 2.00 bits per heavy atom. The molecule has 0 aliphatic heterocycles. The molecule has 0 atom stereocenters. The van der Waals surface area contributed by atoms with Crippen LogP contribution in [0.4, 0.5) is 14.6 Å². The van der Waals surface area contributed by atoms with Crippen LogP contribution in [-0.2, 0) is 0 Å². The summed E-state index contributed by atoms with van der Waals surface area (Å²) >= 11 is 0. The number of aromatic nitrogens is 2. The molecule has 1 aromatic carbocycles. The van der Waals surface area contributed by atoms with Crippen molar-refractivity contribution in [3.05, 3.63) is 29.8 Å². The Kier molecular flexibility index (Phi) is 1.88. The molecule has 0 aliphatic rings. The number of nitrogens with two attached hydrogens (primary N) is 1. The summed E-state index contributed by atoms with van der Waals surface area (Å²) in [5.41, 5.74) is 5.27. The molecule has 0 saturated heterocycles. The van der Waals surface area contributed by atoms with E-state index in [1.54, 1.807) is 0 Å². The molecule has 14 heavy (non-hydrogen) atoms. The van der Waals surface area contributed by atoms with Crippen LogP contribution in [-0.4, -0.2) is 10.3 Å². The molecule has 0 aliphatic carbocycles. The smallest absolute Gasteiger partial charge is 0.196 e. The average molecular weight is 197 g/mol. The third-order valence-corrected chi connectivity index (χ3v) is 1.70. The summed E-state index contributed by atoms with van der Waals surface area (Å²) in [4.78, 5) is 0. The number of rotatable bonds is 1. The van der Waals surface area contributed by atoms with E-state index in [0.717, 1.165) is 18.2 Å². The third kappa shape index (κ3) is 1.30. The van der Waals surface area contributed by atoms with Gasteiger partial charge in [-0.1, -0.05) is 0 Å². The van der Waals surface area contributed by atoms with Crippen LogP contribution in [0.5, 0.6) is 0 Å². The van der Waals surface area contributed by atoms with Crippen molar-refractivity contribution < 1.29 is 13.4 Å².